The third-order valence-corrected chi connectivity index (χ3v) is 4.56. The summed E-state index contributed by atoms with van der Waals surface area (Å²) in [5.41, 5.74) is 0. The molecule has 0 amide bonds. The zero-order chi connectivity index (χ0) is 11.4. The lowest BCUT2D eigenvalue weighted by atomic mass is 10.1. The summed E-state index contributed by atoms with van der Waals surface area (Å²) in [5.74, 6) is 0. The van der Waals surface area contributed by atoms with Crippen LogP contribution in [0.5, 0.6) is 0 Å². The molecule has 0 aromatic heterocycles. The van der Waals surface area contributed by atoms with Crippen molar-refractivity contribution in [3.05, 3.63) is 12.7 Å². The first kappa shape index (κ1) is 14.9. The van der Waals surface area contributed by atoms with Gasteiger partial charge in [0.2, 0.25) is 0 Å². The van der Waals surface area contributed by atoms with E-state index in [9.17, 15) is 0 Å². The van der Waals surface area contributed by atoms with Crippen LogP contribution in [0.15, 0.2) is 12.7 Å². The first-order valence-corrected chi connectivity index (χ1v) is 7.77. The third-order valence-electron chi connectivity index (χ3n) is 2.62. The first-order chi connectivity index (χ1) is 7.35. The lowest BCUT2D eigenvalue weighted by Crippen LogP contribution is -2.18. The van der Waals surface area contributed by atoms with Crippen LogP contribution in [-0.2, 0) is 8.85 Å². The minimum atomic E-state index is -1.28. The molecule has 0 atom stereocenters. The molecule has 0 bridgehead atoms. The van der Waals surface area contributed by atoms with Gasteiger partial charge in [0, 0.05) is 14.2 Å². The van der Waals surface area contributed by atoms with E-state index in [1.54, 1.807) is 14.2 Å². The van der Waals surface area contributed by atoms with E-state index in [1.807, 2.05) is 6.08 Å². The highest BCUT2D eigenvalue weighted by atomic mass is 28.3. The summed E-state index contributed by atoms with van der Waals surface area (Å²) >= 11 is 0. The van der Waals surface area contributed by atoms with Crippen molar-refractivity contribution >= 4 is 9.28 Å². The standard InChI is InChI=1S/C12H26O2Si/c1-4-5-6-7-8-9-10-11-12-15(13-2)14-3/h4,15H,1,5-12H2,2-3H3. The van der Waals surface area contributed by atoms with Crippen LogP contribution < -0.4 is 0 Å². The molecule has 0 aromatic carbocycles. The fourth-order valence-electron chi connectivity index (χ4n) is 1.64. The molecule has 0 aromatic rings. The number of rotatable bonds is 11. The molecule has 90 valence electrons. The van der Waals surface area contributed by atoms with E-state index in [1.165, 1.54) is 44.9 Å². The van der Waals surface area contributed by atoms with Crippen LogP contribution in [0.4, 0.5) is 0 Å². The van der Waals surface area contributed by atoms with E-state index < -0.39 is 9.28 Å². The molecule has 0 aliphatic rings. The Bertz CT molecular complexity index is 136. The topological polar surface area (TPSA) is 18.5 Å². The van der Waals surface area contributed by atoms with E-state index in [2.05, 4.69) is 6.58 Å². The Morgan fingerprint density at radius 2 is 1.47 bits per heavy atom. The van der Waals surface area contributed by atoms with Crippen LogP contribution in [-0.4, -0.2) is 23.5 Å². The van der Waals surface area contributed by atoms with Crippen molar-refractivity contribution in [2.45, 2.75) is 51.0 Å². The van der Waals surface area contributed by atoms with E-state index in [0.29, 0.717) is 0 Å². The van der Waals surface area contributed by atoms with Gasteiger partial charge in [0.25, 0.3) is 0 Å². The smallest absolute Gasteiger partial charge is 0.320 e. The van der Waals surface area contributed by atoms with Crippen LogP contribution in [0.25, 0.3) is 0 Å². The molecule has 15 heavy (non-hydrogen) atoms. The average Bonchev–Trinajstić information content (AvgIpc) is 2.27. The number of unbranched alkanes of at least 4 members (excludes halogenated alkanes) is 6. The molecule has 0 aliphatic heterocycles. The van der Waals surface area contributed by atoms with Gasteiger partial charge in [-0.1, -0.05) is 38.2 Å². The summed E-state index contributed by atoms with van der Waals surface area (Å²) in [6, 6.07) is 1.15. The maximum absolute atomic E-state index is 5.26. The molecular formula is C12H26O2Si. The van der Waals surface area contributed by atoms with Crippen LogP contribution >= 0.6 is 0 Å². The Morgan fingerprint density at radius 3 is 2.00 bits per heavy atom. The zero-order valence-electron chi connectivity index (χ0n) is 10.3. The second-order valence-corrected chi connectivity index (χ2v) is 6.27. The van der Waals surface area contributed by atoms with Crippen molar-refractivity contribution in [1.82, 2.24) is 0 Å². The van der Waals surface area contributed by atoms with Crippen molar-refractivity contribution in [3.8, 4) is 0 Å². The Kier molecular flexibility index (Phi) is 11.9. The highest BCUT2D eigenvalue weighted by Gasteiger charge is 2.07. The Morgan fingerprint density at radius 1 is 0.933 bits per heavy atom. The van der Waals surface area contributed by atoms with Crippen molar-refractivity contribution in [3.63, 3.8) is 0 Å². The summed E-state index contributed by atoms with van der Waals surface area (Å²) in [4.78, 5) is 0. The fraction of sp³-hybridized carbons (Fsp3) is 0.833. The van der Waals surface area contributed by atoms with Gasteiger partial charge in [-0.2, -0.15) is 0 Å². The molecule has 2 nitrogen and oxygen atoms in total. The molecule has 0 rings (SSSR count). The predicted octanol–water partition coefficient (Wildman–Crippen LogP) is 3.42. The van der Waals surface area contributed by atoms with Crippen molar-refractivity contribution in [2.75, 3.05) is 14.2 Å². The zero-order valence-corrected chi connectivity index (χ0v) is 11.5. The van der Waals surface area contributed by atoms with Gasteiger partial charge in [-0.15, -0.1) is 6.58 Å². The third kappa shape index (κ3) is 10.2. The average molecular weight is 230 g/mol. The summed E-state index contributed by atoms with van der Waals surface area (Å²) in [5, 5.41) is 0. The highest BCUT2D eigenvalue weighted by molar-refractivity contribution is 6.44. The lowest BCUT2D eigenvalue weighted by Gasteiger charge is -2.09. The van der Waals surface area contributed by atoms with Gasteiger partial charge in [-0.05, 0) is 18.9 Å². The van der Waals surface area contributed by atoms with Gasteiger partial charge in [0.05, 0.1) is 0 Å². The monoisotopic (exact) mass is 230 g/mol. The normalized spacial score (nSPS) is 10.9. The van der Waals surface area contributed by atoms with Gasteiger partial charge < -0.3 is 8.85 Å². The lowest BCUT2D eigenvalue weighted by molar-refractivity contribution is 0.276. The first-order valence-electron chi connectivity index (χ1n) is 6.01. The molecule has 3 heteroatoms. The molecule has 0 aliphatic carbocycles. The molecule has 0 radical (unpaired) electrons. The molecular weight excluding hydrogens is 204 g/mol. The molecule has 0 N–H and O–H groups in total. The van der Waals surface area contributed by atoms with Crippen molar-refractivity contribution in [2.24, 2.45) is 0 Å². The Hall–Kier alpha value is -0.123. The minimum absolute atomic E-state index is 1.15. The summed E-state index contributed by atoms with van der Waals surface area (Å²) < 4.78 is 10.5. The fourth-order valence-corrected chi connectivity index (χ4v) is 2.92. The van der Waals surface area contributed by atoms with Gasteiger partial charge in [0.1, 0.15) is 0 Å². The van der Waals surface area contributed by atoms with E-state index in [4.69, 9.17) is 8.85 Å². The quantitative estimate of drug-likeness (QED) is 0.308. The second kappa shape index (κ2) is 11.9. The number of hydrogen-bond acceptors (Lipinski definition) is 2. The number of allylic oxidation sites excluding steroid dienone is 1. The largest absolute Gasteiger partial charge is 0.400 e. The van der Waals surface area contributed by atoms with Crippen molar-refractivity contribution in [1.29, 1.82) is 0 Å². The summed E-state index contributed by atoms with van der Waals surface area (Å²) in [7, 11) is 2.24. The van der Waals surface area contributed by atoms with E-state index >= 15 is 0 Å². The predicted molar refractivity (Wildman–Crippen MR) is 68.5 cm³/mol. The van der Waals surface area contributed by atoms with Crippen LogP contribution in [0.1, 0.15) is 44.9 Å². The highest BCUT2D eigenvalue weighted by Crippen LogP contribution is 2.10. The van der Waals surface area contributed by atoms with Gasteiger partial charge in [0.15, 0.2) is 0 Å². The van der Waals surface area contributed by atoms with Gasteiger partial charge >= 0.3 is 9.28 Å². The van der Waals surface area contributed by atoms with Crippen LogP contribution in [0.2, 0.25) is 6.04 Å². The van der Waals surface area contributed by atoms with Crippen molar-refractivity contribution < 1.29 is 8.85 Å². The molecule has 0 saturated heterocycles. The molecule has 0 spiro atoms. The maximum atomic E-state index is 5.26. The maximum Gasteiger partial charge on any atom is 0.320 e. The molecule has 0 heterocycles. The van der Waals surface area contributed by atoms with Gasteiger partial charge in [-0.3, -0.25) is 0 Å². The Balaban J connectivity index is 3.07. The van der Waals surface area contributed by atoms with Crippen LogP contribution in [0, 0.1) is 0 Å². The molecule has 0 fully saturated rings. The molecule has 0 unspecified atom stereocenters. The minimum Gasteiger partial charge on any atom is -0.400 e. The van der Waals surface area contributed by atoms with Gasteiger partial charge in [-0.25, -0.2) is 0 Å². The molecule has 0 saturated carbocycles. The van der Waals surface area contributed by atoms with E-state index in [-0.39, 0.29) is 0 Å². The number of hydrogen-bond donors (Lipinski definition) is 0. The summed E-state index contributed by atoms with van der Waals surface area (Å²) in [6.45, 7) is 3.72. The van der Waals surface area contributed by atoms with Crippen LogP contribution in [0.3, 0.4) is 0 Å². The SMILES string of the molecule is C=CCCCCCCCC[SiH](OC)OC. The van der Waals surface area contributed by atoms with E-state index in [0.717, 1.165) is 6.04 Å². The Labute approximate surface area is 96.5 Å². The second-order valence-electron chi connectivity index (χ2n) is 3.89. The summed E-state index contributed by atoms with van der Waals surface area (Å²) in [6.07, 6.45) is 11.1.